The number of carbonyl (C=O) groups excluding carboxylic acids is 3. The average molecular weight is 621 g/mol. The summed E-state index contributed by atoms with van der Waals surface area (Å²) < 4.78 is 37.3. The number of hydrogen-bond acceptors (Lipinski definition) is 9. The molecule has 1 fully saturated rings. The van der Waals surface area contributed by atoms with Gasteiger partial charge >= 0.3 is 11.9 Å². The largest absolute Gasteiger partial charge is 0.481 e. The second-order valence-electron chi connectivity index (χ2n) is 11.7. The first-order valence-electron chi connectivity index (χ1n) is 14.0. The van der Waals surface area contributed by atoms with Gasteiger partial charge in [-0.2, -0.15) is 0 Å². The molecule has 2 aromatic rings. The van der Waals surface area contributed by atoms with Gasteiger partial charge in [-0.1, -0.05) is 30.3 Å². The minimum Gasteiger partial charge on any atom is -0.481 e. The number of hydrogen-bond donors (Lipinski definition) is 3. The maximum atomic E-state index is 14.3. The van der Waals surface area contributed by atoms with Gasteiger partial charge in [-0.15, -0.1) is 0 Å². The van der Waals surface area contributed by atoms with E-state index >= 15 is 0 Å². The lowest BCUT2D eigenvalue weighted by Crippen LogP contribution is -2.55. The summed E-state index contributed by atoms with van der Waals surface area (Å²) in [5, 5.41) is 9.83. The van der Waals surface area contributed by atoms with Crippen LogP contribution in [-0.2, 0) is 51.3 Å². The number of anilines is 1. The fraction of sp³-hybridized carbons (Fsp3) is 0.552. The summed E-state index contributed by atoms with van der Waals surface area (Å²) in [6.45, 7) is 7.98. The summed E-state index contributed by atoms with van der Waals surface area (Å²) in [6, 6.07) is 9.31. The Labute approximate surface area is 251 Å². The summed E-state index contributed by atoms with van der Waals surface area (Å²) in [6.07, 6.45) is -0.178. The van der Waals surface area contributed by atoms with Gasteiger partial charge < -0.3 is 24.5 Å². The minimum atomic E-state index is -4.73. The number of rotatable bonds is 12. The van der Waals surface area contributed by atoms with Gasteiger partial charge in [0.05, 0.1) is 31.0 Å². The van der Waals surface area contributed by atoms with E-state index in [4.69, 9.17) is 9.47 Å². The molecule has 13 nitrogen and oxygen atoms in total. The van der Waals surface area contributed by atoms with Crippen molar-refractivity contribution in [2.75, 3.05) is 31.6 Å². The first-order valence-corrected chi connectivity index (χ1v) is 15.6. The number of carbonyl (C=O) groups is 4. The van der Waals surface area contributed by atoms with E-state index in [-0.39, 0.29) is 56.5 Å². The molecule has 1 aromatic carbocycles. The number of sulfone groups is 1. The number of ether oxygens (including phenoxy) is 2. The van der Waals surface area contributed by atoms with Gasteiger partial charge in [-0.25, -0.2) is 13.4 Å². The summed E-state index contributed by atoms with van der Waals surface area (Å²) in [5.74, 6) is -3.66. The topological polar surface area (TPSA) is 185 Å². The molecule has 0 aliphatic carbocycles. The molecular weight excluding hydrogens is 580 g/mol. The van der Waals surface area contributed by atoms with E-state index in [2.05, 4.69) is 15.3 Å². The monoisotopic (exact) mass is 620 g/mol. The molecule has 1 aliphatic rings. The number of aliphatic carboxylic acids is 1. The number of carboxylic acids is 1. The zero-order valence-electron chi connectivity index (χ0n) is 25.1. The van der Waals surface area contributed by atoms with Crippen molar-refractivity contribution >= 4 is 39.5 Å². The quantitative estimate of drug-likeness (QED) is 0.298. The third kappa shape index (κ3) is 8.63. The number of morpholine rings is 1. The maximum Gasteiger partial charge on any atom is 0.331 e. The minimum absolute atomic E-state index is 0.0604. The van der Waals surface area contributed by atoms with Crippen LogP contribution in [0.1, 0.15) is 69.7 Å². The predicted molar refractivity (Wildman–Crippen MR) is 157 cm³/mol. The van der Waals surface area contributed by atoms with Crippen molar-refractivity contribution in [3.63, 3.8) is 0 Å². The van der Waals surface area contributed by atoms with E-state index in [1.165, 1.54) is 18.7 Å². The van der Waals surface area contributed by atoms with Crippen LogP contribution in [0, 0.1) is 0 Å². The smallest absolute Gasteiger partial charge is 0.331 e. The van der Waals surface area contributed by atoms with Crippen LogP contribution in [0.25, 0.3) is 0 Å². The molecule has 0 spiro atoms. The normalized spacial score (nSPS) is 15.0. The average Bonchev–Trinajstić information content (AvgIpc) is 3.31. The van der Waals surface area contributed by atoms with Crippen molar-refractivity contribution in [3.8, 4) is 0 Å². The third-order valence-corrected chi connectivity index (χ3v) is 9.49. The second-order valence-corrected chi connectivity index (χ2v) is 14.3. The first-order chi connectivity index (χ1) is 20.0. The Morgan fingerprint density at radius 1 is 1.05 bits per heavy atom. The molecule has 0 bridgehead atoms. The summed E-state index contributed by atoms with van der Waals surface area (Å²) in [7, 11) is -4.73. The number of aromatic amines is 1. The van der Waals surface area contributed by atoms with Crippen molar-refractivity contribution in [1.29, 1.82) is 0 Å². The Hall–Kier alpha value is -3.78. The van der Waals surface area contributed by atoms with E-state index in [0.717, 1.165) is 5.56 Å². The predicted octanol–water partition coefficient (Wildman–Crippen LogP) is 2.43. The van der Waals surface area contributed by atoms with Gasteiger partial charge in [0, 0.05) is 25.9 Å². The molecule has 1 saturated heterocycles. The van der Waals surface area contributed by atoms with E-state index in [1.807, 2.05) is 30.3 Å². The number of nitrogens with zero attached hydrogens (tertiary/aromatic N) is 2. The molecule has 43 heavy (non-hydrogen) atoms. The molecular formula is C29H40N4O9S. The zero-order chi connectivity index (χ0) is 32.0. The van der Waals surface area contributed by atoms with Gasteiger partial charge in [0.1, 0.15) is 10.3 Å². The Balaban J connectivity index is 2.03. The lowest BCUT2D eigenvalue weighted by atomic mass is 10.1. The molecule has 2 heterocycles. The number of benzene rings is 1. The van der Waals surface area contributed by atoms with E-state index < -0.39 is 55.6 Å². The van der Waals surface area contributed by atoms with Crippen molar-refractivity contribution in [1.82, 2.24) is 14.9 Å². The van der Waals surface area contributed by atoms with E-state index in [1.54, 1.807) is 20.8 Å². The Bertz CT molecular complexity index is 1420. The van der Waals surface area contributed by atoms with Crippen LogP contribution in [0.4, 0.5) is 5.95 Å². The standard InChI is InChI=1S/C29H40N4O9S/c1-28(2,3)42-25(37)24(43(39,40)29(4,5)26(38)33-15-17-41-18-16-33)23-20(12-14-22(35)36)30-27(32-23)31-21(34)13-11-19-9-7-6-8-10-19/h6-10,24H,11-18H2,1-5H3,(H,35,36)(H2,30,31,32,34)/t24-/m0/s1. The number of carboxylic acid groups (broad SMARTS) is 1. The van der Waals surface area contributed by atoms with Crippen molar-refractivity contribution in [3.05, 3.63) is 47.3 Å². The summed E-state index contributed by atoms with van der Waals surface area (Å²) in [5.41, 5.74) is -0.492. The second kappa shape index (κ2) is 13.7. The molecule has 0 radical (unpaired) electrons. The van der Waals surface area contributed by atoms with Crippen LogP contribution in [0.15, 0.2) is 30.3 Å². The number of esters is 1. The third-order valence-electron chi connectivity index (χ3n) is 6.85. The summed E-state index contributed by atoms with van der Waals surface area (Å²) in [4.78, 5) is 59.7. The lowest BCUT2D eigenvalue weighted by Gasteiger charge is -2.35. The Kier molecular flexibility index (Phi) is 10.7. The van der Waals surface area contributed by atoms with E-state index in [0.29, 0.717) is 6.42 Å². The molecule has 3 N–H and O–H groups in total. The highest BCUT2D eigenvalue weighted by Gasteiger charge is 2.53. The summed E-state index contributed by atoms with van der Waals surface area (Å²) >= 11 is 0. The number of aromatic nitrogens is 2. The molecule has 14 heteroatoms. The van der Waals surface area contributed by atoms with Gasteiger partial charge in [0.25, 0.3) is 0 Å². The van der Waals surface area contributed by atoms with Crippen LogP contribution < -0.4 is 5.32 Å². The number of imidazole rings is 1. The van der Waals surface area contributed by atoms with Gasteiger partial charge in [-0.05, 0) is 46.6 Å². The van der Waals surface area contributed by atoms with Crippen LogP contribution >= 0.6 is 0 Å². The fourth-order valence-corrected chi connectivity index (χ4v) is 6.30. The number of H-pyrrole nitrogens is 1. The SMILES string of the molecule is CC(C)(C)OC(=O)[C@H](c1[nH]c(NC(=O)CCc2ccccc2)nc1CCC(=O)O)S(=O)(=O)C(C)(C)C(=O)N1CCOCC1. The van der Waals surface area contributed by atoms with Crippen molar-refractivity contribution < 1.29 is 42.2 Å². The van der Waals surface area contributed by atoms with Gasteiger partial charge in [0.15, 0.2) is 9.84 Å². The Morgan fingerprint density at radius 3 is 2.26 bits per heavy atom. The van der Waals surface area contributed by atoms with Gasteiger partial charge in [-0.3, -0.25) is 24.5 Å². The van der Waals surface area contributed by atoms with Gasteiger partial charge in [0.2, 0.25) is 23.0 Å². The van der Waals surface area contributed by atoms with E-state index in [9.17, 15) is 32.7 Å². The Morgan fingerprint density at radius 2 is 1.67 bits per heavy atom. The lowest BCUT2D eigenvalue weighted by molar-refractivity contribution is -0.154. The number of aryl methyl sites for hydroxylation is 2. The zero-order valence-corrected chi connectivity index (χ0v) is 26.0. The highest BCUT2D eigenvalue weighted by atomic mass is 32.2. The first kappa shape index (κ1) is 33.7. The van der Waals surface area contributed by atoms with Crippen LogP contribution in [0.5, 0.6) is 0 Å². The van der Waals surface area contributed by atoms with Crippen LogP contribution in [0.2, 0.25) is 0 Å². The van der Waals surface area contributed by atoms with Crippen LogP contribution in [-0.4, -0.2) is 88.8 Å². The van der Waals surface area contributed by atoms with Crippen LogP contribution in [0.3, 0.4) is 0 Å². The maximum absolute atomic E-state index is 14.3. The molecule has 236 valence electrons. The molecule has 1 aromatic heterocycles. The molecule has 1 atom stereocenters. The van der Waals surface area contributed by atoms with Crippen molar-refractivity contribution in [2.24, 2.45) is 0 Å². The molecule has 1 aliphatic heterocycles. The molecule has 3 rings (SSSR count). The molecule has 0 unspecified atom stereocenters. The molecule has 0 saturated carbocycles. The van der Waals surface area contributed by atoms with Crippen molar-refractivity contribution in [2.45, 2.75) is 75.9 Å². The molecule has 2 amide bonds. The number of nitrogens with one attached hydrogen (secondary N) is 2. The highest BCUT2D eigenvalue weighted by molar-refractivity contribution is 7.94. The fourth-order valence-electron chi connectivity index (χ4n) is 4.53. The number of amides is 2. The highest BCUT2D eigenvalue weighted by Crippen LogP contribution is 2.37.